The van der Waals surface area contributed by atoms with Crippen LogP contribution in [0.3, 0.4) is 0 Å². The molecule has 1 aromatic carbocycles. The number of H-pyrrole nitrogens is 1. The Labute approximate surface area is 179 Å². The molecule has 0 unspecified atom stereocenters. The minimum absolute atomic E-state index is 0.0102. The fourth-order valence-corrected chi connectivity index (χ4v) is 4.61. The summed E-state index contributed by atoms with van der Waals surface area (Å²) in [5.41, 5.74) is 3.26. The van der Waals surface area contributed by atoms with Crippen molar-refractivity contribution in [2.45, 2.75) is 20.4 Å². The van der Waals surface area contributed by atoms with E-state index in [1.165, 1.54) is 15.9 Å². The van der Waals surface area contributed by atoms with Gasteiger partial charge in [-0.3, -0.25) is 14.3 Å². The highest BCUT2D eigenvalue weighted by molar-refractivity contribution is 7.19. The lowest BCUT2D eigenvalue weighted by molar-refractivity contribution is 0.377. The Morgan fingerprint density at radius 1 is 1.10 bits per heavy atom. The Morgan fingerprint density at radius 2 is 1.90 bits per heavy atom. The highest BCUT2D eigenvalue weighted by Gasteiger charge is 2.19. The summed E-state index contributed by atoms with van der Waals surface area (Å²) in [6.07, 6.45) is 1.60. The molecule has 9 heteroatoms. The molecule has 8 nitrogen and oxygen atoms in total. The van der Waals surface area contributed by atoms with Crippen LogP contribution in [0.2, 0.25) is 0 Å². The minimum Gasteiger partial charge on any atom is -0.308 e. The van der Waals surface area contributed by atoms with Crippen LogP contribution in [0.15, 0.2) is 62.8 Å². The molecule has 0 atom stereocenters. The van der Waals surface area contributed by atoms with Crippen LogP contribution in [0.4, 0.5) is 0 Å². The van der Waals surface area contributed by atoms with E-state index in [9.17, 15) is 9.59 Å². The number of fused-ring (bicyclic) bond motifs is 1. The Morgan fingerprint density at radius 3 is 2.65 bits per heavy atom. The van der Waals surface area contributed by atoms with Crippen molar-refractivity contribution >= 4 is 21.6 Å². The Bertz CT molecular complexity index is 1510. The van der Waals surface area contributed by atoms with Gasteiger partial charge in [-0.15, -0.1) is 11.3 Å². The van der Waals surface area contributed by atoms with Gasteiger partial charge in [0.15, 0.2) is 0 Å². The van der Waals surface area contributed by atoms with Crippen LogP contribution in [0, 0.1) is 13.8 Å². The van der Waals surface area contributed by atoms with Crippen LogP contribution in [0.25, 0.3) is 32.9 Å². The highest BCUT2D eigenvalue weighted by Crippen LogP contribution is 2.35. The zero-order valence-corrected chi connectivity index (χ0v) is 17.6. The van der Waals surface area contributed by atoms with Crippen LogP contribution in [0.5, 0.6) is 0 Å². The van der Waals surface area contributed by atoms with Gasteiger partial charge in [-0.2, -0.15) is 0 Å². The lowest BCUT2D eigenvalue weighted by Gasteiger charge is -2.05. The zero-order valence-electron chi connectivity index (χ0n) is 16.7. The molecule has 0 radical (unpaired) electrons. The van der Waals surface area contributed by atoms with E-state index in [0.717, 1.165) is 21.6 Å². The molecule has 0 saturated carbocycles. The number of aromatic amines is 1. The molecule has 0 amide bonds. The summed E-state index contributed by atoms with van der Waals surface area (Å²) in [6.45, 7) is 4.01. The molecule has 0 aliphatic heterocycles. The number of benzene rings is 1. The average molecular weight is 431 g/mol. The summed E-state index contributed by atoms with van der Waals surface area (Å²) >= 11 is 1.45. The van der Waals surface area contributed by atoms with E-state index in [0.29, 0.717) is 21.7 Å². The van der Waals surface area contributed by atoms with E-state index >= 15 is 0 Å². The highest BCUT2D eigenvalue weighted by atomic mass is 32.1. The number of thiophene rings is 1. The van der Waals surface area contributed by atoms with Crippen molar-refractivity contribution in [1.29, 1.82) is 0 Å². The number of nitrogens with one attached hydrogen (secondary N) is 1. The van der Waals surface area contributed by atoms with Gasteiger partial charge in [0, 0.05) is 16.6 Å². The van der Waals surface area contributed by atoms with Crippen LogP contribution >= 0.6 is 11.3 Å². The van der Waals surface area contributed by atoms with Crippen molar-refractivity contribution in [2.24, 2.45) is 0 Å². The third-order valence-corrected chi connectivity index (χ3v) is 6.01. The van der Waals surface area contributed by atoms with Gasteiger partial charge in [-0.25, -0.2) is 14.3 Å². The maximum atomic E-state index is 13.0. The summed E-state index contributed by atoms with van der Waals surface area (Å²) < 4.78 is 6.13. The zero-order chi connectivity index (χ0) is 21.5. The number of hydrogen-bond donors (Lipinski definition) is 1. The number of aryl methyl sites for hydroxylation is 2. The van der Waals surface area contributed by atoms with Crippen molar-refractivity contribution in [3.8, 4) is 22.6 Å². The molecule has 4 aromatic heterocycles. The maximum Gasteiger partial charge on any atom is 0.442 e. The van der Waals surface area contributed by atoms with Crippen molar-refractivity contribution in [3.05, 3.63) is 85.8 Å². The first-order valence-electron chi connectivity index (χ1n) is 9.58. The molecule has 5 rings (SSSR count). The van der Waals surface area contributed by atoms with Gasteiger partial charge >= 0.3 is 5.76 Å². The molecule has 31 heavy (non-hydrogen) atoms. The van der Waals surface area contributed by atoms with E-state index in [4.69, 9.17) is 4.52 Å². The van der Waals surface area contributed by atoms with Gasteiger partial charge in [0.1, 0.15) is 16.3 Å². The van der Waals surface area contributed by atoms with Gasteiger partial charge < -0.3 is 4.98 Å². The molecule has 4 heterocycles. The smallest absolute Gasteiger partial charge is 0.308 e. The largest absolute Gasteiger partial charge is 0.442 e. The molecular formula is C22H17N5O3S. The van der Waals surface area contributed by atoms with Gasteiger partial charge in [0.25, 0.3) is 5.56 Å². The first-order valence-corrected chi connectivity index (χ1v) is 10.4. The summed E-state index contributed by atoms with van der Waals surface area (Å²) in [6, 6.07) is 13.3. The molecule has 0 aliphatic carbocycles. The summed E-state index contributed by atoms with van der Waals surface area (Å²) in [4.78, 5) is 38.5. The molecule has 154 valence electrons. The fraction of sp³-hybridized carbons (Fsp3) is 0.136. The third kappa shape index (κ3) is 3.38. The van der Waals surface area contributed by atoms with E-state index in [-0.39, 0.29) is 17.9 Å². The SMILES string of the molecule is Cc1ccc(-c2c(C)sc3nc(Cn4c(-c5ccccn5)noc4=O)[nH]c(=O)c23)cc1. The standard InChI is InChI=1S/C22H17N5O3S/c1-12-6-8-14(9-7-12)17-13(2)31-21-18(17)20(28)24-16(25-21)11-27-19(26-30-22(27)29)15-5-3-4-10-23-15/h3-10H,11H2,1-2H3,(H,24,25,28). The Balaban J connectivity index is 1.60. The normalized spacial score (nSPS) is 11.3. The second-order valence-electron chi connectivity index (χ2n) is 7.17. The maximum absolute atomic E-state index is 13.0. The molecular weight excluding hydrogens is 414 g/mol. The summed E-state index contributed by atoms with van der Waals surface area (Å²) in [5, 5.41) is 4.38. The number of rotatable bonds is 4. The number of hydrogen-bond acceptors (Lipinski definition) is 7. The predicted molar refractivity (Wildman–Crippen MR) is 118 cm³/mol. The number of aromatic nitrogens is 5. The van der Waals surface area contributed by atoms with E-state index in [1.54, 1.807) is 24.4 Å². The molecule has 0 spiro atoms. The summed E-state index contributed by atoms with van der Waals surface area (Å²) in [7, 11) is 0. The Kier molecular flexibility index (Phi) is 4.59. The number of nitrogens with zero attached hydrogens (tertiary/aromatic N) is 4. The molecule has 0 fully saturated rings. The number of pyridine rings is 1. The minimum atomic E-state index is -0.647. The van der Waals surface area contributed by atoms with Gasteiger partial charge in [-0.1, -0.05) is 41.1 Å². The van der Waals surface area contributed by atoms with Crippen LogP contribution in [0.1, 0.15) is 16.3 Å². The van der Waals surface area contributed by atoms with Crippen molar-refractivity contribution in [3.63, 3.8) is 0 Å². The molecule has 0 aliphatic rings. The second-order valence-corrected chi connectivity index (χ2v) is 8.37. The van der Waals surface area contributed by atoms with Crippen LogP contribution < -0.4 is 11.3 Å². The lowest BCUT2D eigenvalue weighted by atomic mass is 10.0. The lowest BCUT2D eigenvalue weighted by Crippen LogP contribution is -2.20. The quantitative estimate of drug-likeness (QED) is 0.467. The van der Waals surface area contributed by atoms with Gasteiger partial charge in [-0.05, 0) is 31.5 Å². The second kappa shape index (κ2) is 7.44. The molecule has 0 saturated heterocycles. The van der Waals surface area contributed by atoms with Gasteiger partial charge in [0.2, 0.25) is 5.82 Å². The van der Waals surface area contributed by atoms with E-state index < -0.39 is 5.76 Å². The van der Waals surface area contributed by atoms with E-state index in [1.807, 2.05) is 38.1 Å². The van der Waals surface area contributed by atoms with E-state index in [2.05, 4.69) is 20.1 Å². The van der Waals surface area contributed by atoms with Gasteiger partial charge in [0.05, 0.1) is 11.9 Å². The van der Waals surface area contributed by atoms with Crippen LogP contribution in [-0.4, -0.2) is 24.7 Å². The fourth-order valence-electron chi connectivity index (χ4n) is 3.54. The van der Waals surface area contributed by atoms with Crippen LogP contribution in [-0.2, 0) is 6.54 Å². The average Bonchev–Trinajstić information content (AvgIpc) is 3.29. The third-order valence-electron chi connectivity index (χ3n) is 5.02. The molecule has 1 N–H and O–H groups in total. The molecule has 0 bridgehead atoms. The van der Waals surface area contributed by atoms with Crippen molar-refractivity contribution < 1.29 is 4.52 Å². The Hall–Kier alpha value is -3.85. The monoisotopic (exact) mass is 431 g/mol. The summed E-state index contributed by atoms with van der Waals surface area (Å²) in [5.74, 6) is -0.0289. The van der Waals surface area contributed by atoms with Crippen molar-refractivity contribution in [1.82, 2.24) is 24.7 Å². The predicted octanol–water partition coefficient (Wildman–Crippen LogP) is 3.53. The first kappa shape index (κ1) is 19.1. The van der Waals surface area contributed by atoms with Crippen molar-refractivity contribution in [2.75, 3.05) is 0 Å². The molecule has 5 aromatic rings. The first-order chi connectivity index (χ1) is 15.0. The topological polar surface area (TPSA) is 107 Å².